The molecule has 2 N–H and O–H groups in total. The number of amides is 2. The molecule has 0 aliphatic rings. The van der Waals surface area contributed by atoms with E-state index in [0.29, 0.717) is 10.6 Å². The smallest absolute Gasteiger partial charge is 0.370 e. The van der Waals surface area contributed by atoms with Crippen LogP contribution in [-0.2, 0) is 4.74 Å². The Morgan fingerprint density at radius 3 is 2.54 bits per heavy atom. The number of anilines is 1. The maximum atomic E-state index is 12.4. The molecule has 140 valence electrons. The second-order valence-electron chi connectivity index (χ2n) is 5.48. The van der Waals surface area contributed by atoms with E-state index < -0.39 is 24.7 Å². The first-order valence-electron chi connectivity index (χ1n) is 7.65. The van der Waals surface area contributed by atoms with Gasteiger partial charge >= 0.3 is 6.18 Å². The summed E-state index contributed by atoms with van der Waals surface area (Å²) < 4.78 is 40.8. The second-order valence-corrected chi connectivity index (χ2v) is 6.43. The molecule has 0 bridgehead atoms. The number of carbonyl (C=O) groups is 2. The van der Waals surface area contributed by atoms with Crippen LogP contribution in [0, 0.1) is 0 Å². The Hall–Kier alpha value is -2.39. The molecule has 1 atom stereocenters. The van der Waals surface area contributed by atoms with Gasteiger partial charge in [0.2, 0.25) is 0 Å². The molecule has 5 nitrogen and oxygen atoms in total. The largest absolute Gasteiger partial charge is 0.411 e. The van der Waals surface area contributed by atoms with Crippen molar-refractivity contribution < 1.29 is 27.5 Å². The zero-order valence-corrected chi connectivity index (χ0v) is 14.6. The Morgan fingerprint density at radius 1 is 1.15 bits per heavy atom. The van der Waals surface area contributed by atoms with E-state index in [0.717, 1.165) is 0 Å². The number of carbonyl (C=O) groups excluding carboxylic acids is 2. The zero-order valence-electron chi connectivity index (χ0n) is 13.8. The third kappa shape index (κ3) is 6.16. The van der Waals surface area contributed by atoms with Gasteiger partial charge in [0.15, 0.2) is 0 Å². The van der Waals surface area contributed by atoms with E-state index in [2.05, 4.69) is 15.4 Å². The van der Waals surface area contributed by atoms with Crippen LogP contribution in [0.4, 0.5) is 18.9 Å². The monoisotopic (exact) mass is 386 g/mol. The number of hydrogen-bond donors (Lipinski definition) is 2. The Balaban J connectivity index is 1.97. The lowest BCUT2D eigenvalue weighted by molar-refractivity contribution is -0.174. The third-order valence-corrected chi connectivity index (χ3v) is 4.04. The lowest BCUT2D eigenvalue weighted by atomic mass is 10.1. The first-order chi connectivity index (χ1) is 12.3. The Labute approximate surface area is 152 Å². The van der Waals surface area contributed by atoms with Crippen molar-refractivity contribution in [3.63, 3.8) is 0 Å². The average molecular weight is 386 g/mol. The molecule has 9 heteroatoms. The number of hydrogen-bond acceptors (Lipinski definition) is 4. The van der Waals surface area contributed by atoms with Gasteiger partial charge in [0.05, 0.1) is 22.7 Å². The van der Waals surface area contributed by atoms with Crippen molar-refractivity contribution in [2.24, 2.45) is 0 Å². The van der Waals surface area contributed by atoms with Crippen LogP contribution < -0.4 is 10.6 Å². The fraction of sp³-hybridized carbons (Fsp3) is 0.294. The number of nitrogens with one attached hydrogen (secondary N) is 2. The maximum absolute atomic E-state index is 12.4. The summed E-state index contributed by atoms with van der Waals surface area (Å²) in [4.78, 5) is 25.0. The van der Waals surface area contributed by atoms with Gasteiger partial charge in [0.1, 0.15) is 6.61 Å². The summed E-state index contributed by atoms with van der Waals surface area (Å²) in [5.41, 5.74) is 0.520. The molecule has 0 fully saturated rings. The third-order valence-electron chi connectivity index (χ3n) is 3.18. The molecular weight excluding hydrogens is 369 g/mol. The fourth-order valence-electron chi connectivity index (χ4n) is 2.08. The van der Waals surface area contributed by atoms with Crippen LogP contribution in [0.3, 0.4) is 0 Å². The first kappa shape index (κ1) is 19.9. The topological polar surface area (TPSA) is 67.4 Å². The molecule has 2 aromatic rings. The molecule has 1 aromatic heterocycles. The Morgan fingerprint density at radius 2 is 1.88 bits per heavy atom. The maximum Gasteiger partial charge on any atom is 0.411 e. The van der Waals surface area contributed by atoms with Gasteiger partial charge in [0, 0.05) is 6.04 Å². The van der Waals surface area contributed by atoms with Crippen LogP contribution in [0.25, 0.3) is 0 Å². The molecule has 1 unspecified atom stereocenters. The zero-order chi connectivity index (χ0) is 19.2. The van der Waals surface area contributed by atoms with E-state index in [1.54, 1.807) is 35.7 Å². The number of alkyl halides is 3. The van der Waals surface area contributed by atoms with Crippen molar-refractivity contribution in [3.05, 3.63) is 52.2 Å². The molecule has 0 radical (unpaired) electrons. The molecular formula is C17H17F3N2O3S. The lowest BCUT2D eigenvalue weighted by Gasteiger charge is -2.16. The number of ether oxygens (including phenoxy) is 1. The van der Waals surface area contributed by atoms with Crippen molar-refractivity contribution >= 4 is 28.8 Å². The standard InChI is InChI=1S/C17H17F3N2O3S/c1-11(9-25-10-17(18,19)20)21-15(23)12-5-2-3-6-13(12)22-16(24)14-7-4-8-26-14/h2-8,11H,9-10H2,1H3,(H,21,23)(H,22,24). The highest BCUT2D eigenvalue weighted by molar-refractivity contribution is 7.12. The summed E-state index contributed by atoms with van der Waals surface area (Å²) in [6, 6.07) is 9.14. The fourth-order valence-corrected chi connectivity index (χ4v) is 2.70. The highest BCUT2D eigenvalue weighted by Crippen LogP contribution is 2.18. The van der Waals surface area contributed by atoms with Gasteiger partial charge < -0.3 is 15.4 Å². The van der Waals surface area contributed by atoms with E-state index in [1.807, 2.05) is 0 Å². The SMILES string of the molecule is CC(COCC(F)(F)F)NC(=O)c1ccccc1NC(=O)c1cccs1. The van der Waals surface area contributed by atoms with Crippen molar-refractivity contribution in [2.45, 2.75) is 19.1 Å². The van der Waals surface area contributed by atoms with Crippen molar-refractivity contribution in [3.8, 4) is 0 Å². The van der Waals surface area contributed by atoms with Gasteiger partial charge in [-0.05, 0) is 30.5 Å². The van der Waals surface area contributed by atoms with Crippen molar-refractivity contribution in [1.82, 2.24) is 5.32 Å². The summed E-state index contributed by atoms with van der Waals surface area (Å²) in [6.07, 6.45) is -4.41. The highest BCUT2D eigenvalue weighted by atomic mass is 32.1. The van der Waals surface area contributed by atoms with E-state index in [9.17, 15) is 22.8 Å². The van der Waals surface area contributed by atoms with E-state index in [1.165, 1.54) is 24.3 Å². The summed E-state index contributed by atoms with van der Waals surface area (Å²) in [5, 5.41) is 6.97. The van der Waals surface area contributed by atoms with Gasteiger partial charge in [-0.15, -0.1) is 11.3 Å². The molecule has 1 aromatic carbocycles. The van der Waals surface area contributed by atoms with E-state index in [-0.39, 0.29) is 18.1 Å². The molecule has 0 saturated heterocycles. The van der Waals surface area contributed by atoms with Crippen LogP contribution in [0.5, 0.6) is 0 Å². The number of benzene rings is 1. The minimum atomic E-state index is -4.41. The van der Waals surface area contributed by atoms with Gasteiger partial charge in [-0.2, -0.15) is 13.2 Å². The lowest BCUT2D eigenvalue weighted by Crippen LogP contribution is -2.37. The number of halogens is 3. The summed E-state index contributed by atoms with van der Waals surface area (Å²) >= 11 is 1.27. The van der Waals surface area contributed by atoms with Crippen LogP contribution in [0.1, 0.15) is 27.0 Å². The van der Waals surface area contributed by atoms with Crippen LogP contribution >= 0.6 is 11.3 Å². The molecule has 1 heterocycles. The molecule has 0 aliphatic carbocycles. The normalized spacial score (nSPS) is 12.5. The predicted octanol–water partition coefficient (Wildman–Crippen LogP) is 3.70. The van der Waals surface area contributed by atoms with Crippen LogP contribution in [-0.4, -0.2) is 37.2 Å². The molecule has 2 rings (SSSR count). The molecule has 0 saturated carbocycles. The number of para-hydroxylation sites is 1. The molecule has 2 amide bonds. The van der Waals surface area contributed by atoms with E-state index in [4.69, 9.17) is 0 Å². The minimum Gasteiger partial charge on any atom is -0.370 e. The van der Waals surface area contributed by atoms with Gasteiger partial charge in [-0.1, -0.05) is 18.2 Å². The van der Waals surface area contributed by atoms with Gasteiger partial charge in [0.25, 0.3) is 11.8 Å². The Kier molecular flexibility index (Phi) is 6.76. The van der Waals surface area contributed by atoms with Crippen LogP contribution in [0.15, 0.2) is 41.8 Å². The first-order valence-corrected chi connectivity index (χ1v) is 8.53. The highest BCUT2D eigenvalue weighted by Gasteiger charge is 2.27. The van der Waals surface area contributed by atoms with Crippen molar-refractivity contribution in [1.29, 1.82) is 0 Å². The quantitative estimate of drug-likeness (QED) is 0.763. The predicted molar refractivity (Wildman–Crippen MR) is 92.5 cm³/mol. The second kappa shape index (κ2) is 8.81. The Bertz CT molecular complexity index is 748. The summed E-state index contributed by atoms with van der Waals surface area (Å²) in [7, 11) is 0. The van der Waals surface area contributed by atoms with Gasteiger partial charge in [-0.25, -0.2) is 0 Å². The van der Waals surface area contributed by atoms with Crippen LogP contribution in [0.2, 0.25) is 0 Å². The van der Waals surface area contributed by atoms with Crippen molar-refractivity contribution in [2.75, 3.05) is 18.5 Å². The molecule has 26 heavy (non-hydrogen) atoms. The molecule has 0 spiro atoms. The molecule has 0 aliphatic heterocycles. The number of rotatable bonds is 7. The summed E-state index contributed by atoms with van der Waals surface area (Å²) in [5.74, 6) is -0.864. The summed E-state index contributed by atoms with van der Waals surface area (Å²) in [6.45, 7) is -0.128. The van der Waals surface area contributed by atoms with Gasteiger partial charge in [-0.3, -0.25) is 9.59 Å². The minimum absolute atomic E-state index is 0.208. The average Bonchev–Trinajstić information content (AvgIpc) is 3.08. The van der Waals surface area contributed by atoms with E-state index >= 15 is 0 Å². The number of thiophene rings is 1.